The normalized spacial score (nSPS) is 10.2. The van der Waals surface area contributed by atoms with E-state index in [1.165, 1.54) is 0 Å². The van der Waals surface area contributed by atoms with E-state index in [0.29, 0.717) is 6.61 Å². The van der Waals surface area contributed by atoms with Crippen LogP contribution in [-0.4, -0.2) is 17.9 Å². The minimum absolute atomic E-state index is 0.0841. The van der Waals surface area contributed by atoms with E-state index in [4.69, 9.17) is 4.74 Å². The van der Waals surface area contributed by atoms with Gasteiger partial charge in [-0.2, -0.15) is 0 Å². The zero-order valence-corrected chi connectivity index (χ0v) is 7.60. The Bertz CT molecular complexity index is 289. The number of nitrogens with one attached hydrogen (secondary N) is 1. The van der Waals surface area contributed by atoms with Crippen LogP contribution in [0.4, 0.5) is 0 Å². The SMILES string of the molecule is COCc1[nH]cc(C)c1C(C)=O. The number of aromatic nitrogens is 1. The molecule has 12 heavy (non-hydrogen) atoms. The van der Waals surface area contributed by atoms with Gasteiger partial charge in [0.1, 0.15) is 0 Å². The second-order valence-corrected chi connectivity index (χ2v) is 2.81. The molecule has 0 unspecified atom stereocenters. The molecule has 1 heterocycles. The number of rotatable bonds is 3. The third kappa shape index (κ3) is 1.56. The molecule has 1 rings (SSSR count). The molecule has 0 saturated heterocycles. The number of ether oxygens (including phenoxy) is 1. The summed E-state index contributed by atoms with van der Waals surface area (Å²) in [6.07, 6.45) is 1.82. The lowest BCUT2D eigenvalue weighted by atomic mass is 10.1. The lowest BCUT2D eigenvalue weighted by molar-refractivity contribution is 0.101. The van der Waals surface area contributed by atoms with Crippen molar-refractivity contribution in [2.75, 3.05) is 7.11 Å². The van der Waals surface area contributed by atoms with Gasteiger partial charge in [0.25, 0.3) is 0 Å². The van der Waals surface area contributed by atoms with Crippen molar-refractivity contribution in [1.29, 1.82) is 0 Å². The van der Waals surface area contributed by atoms with Crippen LogP contribution < -0.4 is 0 Å². The number of aryl methyl sites for hydroxylation is 1. The second-order valence-electron chi connectivity index (χ2n) is 2.81. The topological polar surface area (TPSA) is 42.1 Å². The first-order valence-corrected chi connectivity index (χ1v) is 3.83. The van der Waals surface area contributed by atoms with Crippen molar-refractivity contribution in [3.63, 3.8) is 0 Å². The molecule has 0 atom stereocenters. The highest BCUT2D eigenvalue weighted by Crippen LogP contribution is 2.14. The largest absolute Gasteiger partial charge is 0.378 e. The number of hydrogen-bond acceptors (Lipinski definition) is 2. The molecular formula is C9H13NO2. The monoisotopic (exact) mass is 167 g/mol. The first-order valence-electron chi connectivity index (χ1n) is 3.83. The number of H-pyrrole nitrogens is 1. The standard InChI is InChI=1S/C9H13NO2/c1-6-4-10-8(5-12-3)9(6)7(2)11/h4,10H,5H2,1-3H3. The summed E-state index contributed by atoms with van der Waals surface area (Å²) in [4.78, 5) is 14.2. The highest BCUT2D eigenvalue weighted by molar-refractivity contribution is 5.96. The van der Waals surface area contributed by atoms with Crippen molar-refractivity contribution in [3.05, 3.63) is 23.0 Å². The molecule has 0 radical (unpaired) electrons. The van der Waals surface area contributed by atoms with Gasteiger partial charge >= 0.3 is 0 Å². The summed E-state index contributed by atoms with van der Waals surface area (Å²) in [5.41, 5.74) is 2.61. The first kappa shape index (κ1) is 9.00. The highest BCUT2D eigenvalue weighted by Gasteiger charge is 2.11. The maximum absolute atomic E-state index is 11.1. The van der Waals surface area contributed by atoms with E-state index in [1.54, 1.807) is 14.0 Å². The van der Waals surface area contributed by atoms with E-state index in [-0.39, 0.29) is 5.78 Å². The number of methoxy groups -OCH3 is 1. The molecule has 0 bridgehead atoms. The van der Waals surface area contributed by atoms with Gasteiger partial charge in [0.15, 0.2) is 5.78 Å². The molecule has 0 spiro atoms. The predicted molar refractivity (Wildman–Crippen MR) is 46.2 cm³/mol. The lowest BCUT2D eigenvalue weighted by Crippen LogP contribution is -1.99. The van der Waals surface area contributed by atoms with Crippen LogP contribution >= 0.6 is 0 Å². The molecule has 0 fully saturated rings. The Balaban J connectivity index is 3.04. The maximum atomic E-state index is 11.1. The lowest BCUT2D eigenvalue weighted by Gasteiger charge is -1.99. The van der Waals surface area contributed by atoms with Gasteiger partial charge in [0, 0.05) is 18.9 Å². The van der Waals surface area contributed by atoms with E-state index >= 15 is 0 Å². The second kappa shape index (κ2) is 3.54. The van der Waals surface area contributed by atoms with Crippen LogP contribution in [0.15, 0.2) is 6.20 Å². The molecule has 3 nitrogen and oxygen atoms in total. The smallest absolute Gasteiger partial charge is 0.161 e. The van der Waals surface area contributed by atoms with Crippen molar-refractivity contribution in [1.82, 2.24) is 4.98 Å². The van der Waals surface area contributed by atoms with Crippen LogP contribution in [0.1, 0.15) is 28.5 Å². The van der Waals surface area contributed by atoms with Gasteiger partial charge in [-0.3, -0.25) is 4.79 Å². The van der Waals surface area contributed by atoms with Gasteiger partial charge in [-0.25, -0.2) is 0 Å². The van der Waals surface area contributed by atoms with Crippen LogP contribution in [0.25, 0.3) is 0 Å². The van der Waals surface area contributed by atoms with Crippen LogP contribution in [0, 0.1) is 6.92 Å². The minimum atomic E-state index is 0.0841. The first-order chi connectivity index (χ1) is 5.66. The summed E-state index contributed by atoms with van der Waals surface area (Å²) in [5, 5.41) is 0. The van der Waals surface area contributed by atoms with Crippen molar-refractivity contribution in [3.8, 4) is 0 Å². The number of carbonyl (C=O) groups is 1. The number of hydrogen-bond donors (Lipinski definition) is 1. The van der Waals surface area contributed by atoms with Crippen LogP contribution in [-0.2, 0) is 11.3 Å². The molecule has 0 saturated carbocycles. The Morgan fingerprint density at radius 2 is 2.33 bits per heavy atom. The van der Waals surface area contributed by atoms with E-state index in [1.807, 2.05) is 13.1 Å². The Morgan fingerprint density at radius 1 is 1.67 bits per heavy atom. The number of aromatic amines is 1. The summed E-state index contributed by atoms with van der Waals surface area (Å²) in [6, 6.07) is 0. The molecule has 1 aromatic heterocycles. The van der Waals surface area contributed by atoms with Crippen molar-refractivity contribution >= 4 is 5.78 Å². The van der Waals surface area contributed by atoms with Crippen molar-refractivity contribution in [2.45, 2.75) is 20.5 Å². The van der Waals surface area contributed by atoms with Gasteiger partial charge in [0.2, 0.25) is 0 Å². The van der Waals surface area contributed by atoms with Gasteiger partial charge in [-0.15, -0.1) is 0 Å². The van der Waals surface area contributed by atoms with E-state index in [9.17, 15) is 4.79 Å². The average molecular weight is 167 g/mol. The summed E-state index contributed by atoms with van der Waals surface area (Å²) >= 11 is 0. The third-order valence-corrected chi connectivity index (χ3v) is 1.80. The van der Waals surface area contributed by atoms with Crippen LogP contribution in [0.2, 0.25) is 0 Å². The molecule has 0 aliphatic carbocycles. The fourth-order valence-corrected chi connectivity index (χ4v) is 1.33. The van der Waals surface area contributed by atoms with Crippen molar-refractivity contribution in [2.24, 2.45) is 0 Å². The fourth-order valence-electron chi connectivity index (χ4n) is 1.33. The fraction of sp³-hybridized carbons (Fsp3) is 0.444. The average Bonchev–Trinajstić information content (AvgIpc) is 2.32. The molecule has 0 aliphatic rings. The van der Waals surface area contributed by atoms with Gasteiger partial charge in [-0.1, -0.05) is 0 Å². The minimum Gasteiger partial charge on any atom is -0.378 e. The van der Waals surface area contributed by atoms with Gasteiger partial charge in [0.05, 0.1) is 12.3 Å². The number of Topliss-reactive ketones (excluding diaryl/α,β-unsaturated/α-hetero) is 1. The molecule has 1 N–H and O–H groups in total. The molecule has 0 aliphatic heterocycles. The Labute approximate surface area is 71.7 Å². The summed E-state index contributed by atoms with van der Waals surface area (Å²) < 4.78 is 4.95. The van der Waals surface area contributed by atoms with Gasteiger partial charge < -0.3 is 9.72 Å². The Kier molecular flexibility index (Phi) is 2.65. The maximum Gasteiger partial charge on any atom is 0.161 e. The molecule has 0 aromatic carbocycles. The third-order valence-electron chi connectivity index (χ3n) is 1.80. The molecule has 3 heteroatoms. The Morgan fingerprint density at radius 3 is 2.83 bits per heavy atom. The van der Waals surface area contributed by atoms with Crippen LogP contribution in [0.5, 0.6) is 0 Å². The molecule has 0 amide bonds. The van der Waals surface area contributed by atoms with Crippen molar-refractivity contribution < 1.29 is 9.53 Å². The van der Waals surface area contributed by atoms with E-state index in [0.717, 1.165) is 16.8 Å². The van der Waals surface area contributed by atoms with E-state index in [2.05, 4.69) is 4.98 Å². The molecular weight excluding hydrogens is 154 g/mol. The van der Waals surface area contributed by atoms with E-state index < -0.39 is 0 Å². The molecule has 66 valence electrons. The number of ketones is 1. The Hall–Kier alpha value is -1.09. The summed E-state index contributed by atoms with van der Waals surface area (Å²) in [7, 11) is 1.61. The highest BCUT2D eigenvalue weighted by atomic mass is 16.5. The summed E-state index contributed by atoms with van der Waals surface area (Å²) in [6.45, 7) is 3.93. The van der Waals surface area contributed by atoms with Gasteiger partial charge in [-0.05, 0) is 19.4 Å². The van der Waals surface area contributed by atoms with Crippen LogP contribution in [0.3, 0.4) is 0 Å². The molecule has 1 aromatic rings. The quantitative estimate of drug-likeness (QED) is 0.696. The zero-order chi connectivity index (χ0) is 9.14. The number of carbonyl (C=O) groups excluding carboxylic acids is 1. The predicted octanol–water partition coefficient (Wildman–Crippen LogP) is 1.67. The zero-order valence-electron chi connectivity index (χ0n) is 7.60. The summed E-state index contributed by atoms with van der Waals surface area (Å²) in [5.74, 6) is 0.0841.